The third-order valence-electron chi connectivity index (χ3n) is 3.32. The Morgan fingerprint density at radius 3 is 2.96 bits per heavy atom. The van der Waals surface area contributed by atoms with E-state index in [-0.39, 0.29) is 12.2 Å². The normalized spacial score (nSPS) is 11.0. The monoisotopic (exact) mass is 324 g/mol. The number of fused-ring (bicyclic) bond motifs is 1. The van der Waals surface area contributed by atoms with Gasteiger partial charge in [0.05, 0.1) is 0 Å². The lowest BCUT2D eigenvalue weighted by molar-refractivity contribution is 0.141. The minimum Gasteiger partial charge on any atom is -0.445 e. The van der Waals surface area contributed by atoms with E-state index in [1.54, 1.807) is 24.4 Å². The van der Waals surface area contributed by atoms with Crippen molar-refractivity contribution in [3.05, 3.63) is 76.5 Å². The van der Waals surface area contributed by atoms with Gasteiger partial charge in [-0.15, -0.1) is 0 Å². The summed E-state index contributed by atoms with van der Waals surface area (Å²) in [5.74, 6) is 0. The van der Waals surface area contributed by atoms with E-state index in [9.17, 15) is 9.59 Å². The van der Waals surface area contributed by atoms with Crippen LogP contribution in [0.3, 0.4) is 0 Å². The molecule has 122 valence electrons. The Hall–Kier alpha value is -3.35. The Balaban J connectivity index is 1.48. The first-order valence-corrected chi connectivity index (χ1v) is 7.39. The van der Waals surface area contributed by atoms with E-state index < -0.39 is 6.09 Å². The van der Waals surface area contributed by atoms with Gasteiger partial charge in [-0.1, -0.05) is 42.5 Å². The highest BCUT2D eigenvalue weighted by molar-refractivity contribution is 5.67. The van der Waals surface area contributed by atoms with Gasteiger partial charge in [0.15, 0.2) is 0 Å². The summed E-state index contributed by atoms with van der Waals surface area (Å²) in [5.41, 5.74) is 2.01. The second kappa shape index (κ2) is 7.28. The molecule has 2 N–H and O–H groups in total. The number of carbonyl (C=O) groups is 1. The molecule has 24 heavy (non-hydrogen) atoms. The van der Waals surface area contributed by atoms with Crippen LogP contribution in [0.5, 0.6) is 0 Å². The minimum absolute atomic E-state index is 0.202. The molecule has 0 spiro atoms. The molecular formula is C17H16N4O3. The molecule has 0 saturated carbocycles. The molecule has 7 heteroatoms. The van der Waals surface area contributed by atoms with E-state index in [0.29, 0.717) is 12.1 Å². The second-order valence-electron chi connectivity index (χ2n) is 5.07. The number of amides is 1. The van der Waals surface area contributed by atoms with Crippen LogP contribution in [0.2, 0.25) is 0 Å². The maximum absolute atomic E-state index is 11.6. The average Bonchev–Trinajstić information content (AvgIpc) is 3.02. The lowest BCUT2D eigenvalue weighted by Gasteiger charge is -2.05. The van der Waals surface area contributed by atoms with Gasteiger partial charge in [-0.3, -0.25) is 4.79 Å². The van der Waals surface area contributed by atoms with Gasteiger partial charge in [0.1, 0.15) is 18.5 Å². The van der Waals surface area contributed by atoms with E-state index in [1.807, 2.05) is 30.3 Å². The molecule has 0 unspecified atom stereocenters. The lowest BCUT2D eigenvalue weighted by atomic mass is 10.2. The van der Waals surface area contributed by atoms with Gasteiger partial charge in [0.2, 0.25) is 0 Å². The molecule has 0 atom stereocenters. The minimum atomic E-state index is -0.483. The summed E-state index contributed by atoms with van der Waals surface area (Å²) in [6.07, 6.45) is 6.16. The van der Waals surface area contributed by atoms with Crippen LogP contribution in [0, 0.1) is 0 Å². The molecule has 3 aromatic rings. The predicted molar refractivity (Wildman–Crippen MR) is 89.5 cm³/mol. The molecule has 3 rings (SSSR count). The summed E-state index contributed by atoms with van der Waals surface area (Å²) in [6, 6.07) is 11.2. The van der Waals surface area contributed by atoms with Crippen molar-refractivity contribution in [2.75, 3.05) is 6.54 Å². The third-order valence-corrected chi connectivity index (χ3v) is 3.32. The van der Waals surface area contributed by atoms with Gasteiger partial charge < -0.3 is 15.0 Å². The quantitative estimate of drug-likeness (QED) is 0.751. The number of carbonyl (C=O) groups excluding carboxylic acids is 1. The highest BCUT2D eigenvalue weighted by Gasteiger charge is 2.02. The Bertz CT molecular complexity index is 912. The molecule has 0 aliphatic rings. The summed E-state index contributed by atoms with van der Waals surface area (Å²) in [6.45, 7) is 0.555. The molecule has 2 heterocycles. The molecular weight excluding hydrogens is 308 g/mol. The van der Waals surface area contributed by atoms with E-state index in [2.05, 4.69) is 15.4 Å². The standard InChI is InChI=1S/C17H16N4O3/c22-16-15-9-14(10-21(15)20-12-19-16)7-4-8-18-17(23)24-11-13-5-2-1-3-6-13/h1-7,9-10,12H,8,11H2,(H,18,23)(H,19,20,22). The van der Waals surface area contributed by atoms with Crippen molar-refractivity contribution < 1.29 is 9.53 Å². The molecule has 1 aromatic carbocycles. The predicted octanol–water partition coefficient (Wildman–Crippen LogP) is 1.96. The van der Waals surface area contributed by atoms with Crippen molar-refractivity contribution in [3.63, 3.8) is 0 Å². The highest BCUT2D eigenvalue weighted by Crippen LogP contribution is 2.06. The van der Waals surface area contributed by atoms with E-state index in [4.69, 9.17) is 4.74 Å². The number of nitrogens with zero attached hydrogens (tertiary/aromatic N) is 2. The van der Waals surface area contributed by atoms with Gasteiger partial charge in [-0.2, -0.15) is 5.10 Å². The molecule has 0 aliphatic heterocycles. The first-order chi connectivity index (χ1) is 11.7. The van der Waals surface area contributed by atoms with E-state index >= 15 is 0 Å². The number of aromatic amines is 1. The van der Waals surface area contributed by atoms with Crippen LogP contribution in [0.1, 0.15) is 11.1 Å². The van der Waals surface area contributed by atoms with E-state index in [0.717, 1.165) is 11.1 Å². The fourth-order valence-corrected chi connectivity index (χ4v) is 2.16. The number of hydrogen-bond acceptors (Lipinski definition) is 4. The first-order valence-electron chi connectivity index (χ1n) is 7.39. The van der Waals surface area contributed by atoms with Gasteiger partial charge in [0, 0.05) is 12.7 Å². The Morgan fingerprint density at radius 2 is 2.17 bits per heavy atom. The highest BCUT2D eigenvalue weighted by atomic mass is 16.5. The van der Waals surface area contributed by atoms with Crippen LogP contribution >= 0.6 is 0 Å². The second-order valence-corrected chi connectivity index (χ2v) is 5.07. The van der Waals surface area contributed by atoms with Gasteiger partial charge in [0.25, 0.3) is 5.56 Å². The number of ether oxygens (including phenoxy) is 1. The topological polar surface area (TPSA) is 88.5 Å². The molecule has 7 nitrogen and oxygen atoms in total. The van der Waals surface area contributed by atoms with Gasteiger partial charge in [-0.25, -0.2) is 9.31 Å². The molecule has 0 saturated heterocycles. The number of aromatic nitrogens is 3. The molecule has 0 radical (unpaired) electrons. The molecule has 0 aliphatic carbocycles. The average molecular weight is 324 g/mol. The Kier molecular flexibility index (Phi) is 4.71. The SMILES string of the molecule is O=C(NCC=Cc1cc2c(=O)[nH]cnn2c1)OCc1ccccc1. The molecule has 2 aromatic heterocycles. The fourth-order valence-electron chi connectivity index (χ4n) is 2.16. The van der Waals surface area contributed by atoms with Crippen molar-refractivity contribution >= 4 is 17.7 Å². The lowest BCUT2D eigenvalue weighted by Crippen LogP contribution is -2.24. The molecule has 0 bridgehead atoms. The Morgan fingerprint density at radius 1 is 1.33 bits per heavy atom. The number of benzene rings is 1. The van der Waals surface area contributed by atoms with Crippen LogP contribution in [0.4, 0.5) is 4.79 Å². The van der Waals surface area contributed by atoms with E-state index in [1.165, 1.54) is 10.8 Å². The number of alkyl carbamates (subject to hydrolysis) is 1. The van der Waals surface area contributed by atoms with Crippen molar-refractivity contribution in [2.24, 2.45) is 0 Å². The largest absolute Gasteiger partial charge is 0.445 e. The third kappa shape index (κ3) is 3.89. The fraction of sp³-hybridized carbons (Fsp3) is 0.118. The summed E-state index contributed by atoms with van der Waals surface area (Å²) >= 11 is 0. The van der Waals surface area contributed by atoms with Crippen LogP contribution in [0.25, 0.3) is 11.6 Å². The smallest absolute Gasteiger partial charge is 0.407 e. The molecule has 0 fully saturated rings. The van der Waals surface area contributed by atoms with Gasteiger partial charge >= 0.3 is 6.09 Å². The van der Waals surface area contributed by atoms with Crippen LogP contribution in [0.15, 0.2) is 59.8 Å². The summed E-state index contributed by atoms with van der Waals surface area (Å²) < 4.78 is 6.60. The maximum atomic E-state index is 11.6. The number of hydrogen-bond donors (Lipinski definition) is 2. The van der Waals surface area contributed by atoms with Crippen LogP contribution in [-0.4, -0.2) is 27.2 Å². The zero-order valence-corrected chi connectivity index (χ0v) is 12.8. The van der Waals surface area contributed by atoms with Crippen LogP contribution in [-0.2, 0) is 11.3 Å². The molecule has 1 amide bonds. The van der Waals surface area contributed by atoms with Gasteiger partial charge in [-0.05, 0) is 17.2 Å². The van der Waals surface area contributed by atoms with Crippen molar-refractivity contribution in [3.8, 4) is 0 Å². The summed E-state index contributed by atoms with van der Waals surface area (Å²) in [7, 11) is 0. The van der Waals surface area contributed by atoms with Crippen molar-refractivity contribution in [1.29, 1.82) is 0 Å². The maximum Gasteiger partial charge on any atom is 0.407 e. The number of rotatable bonds is 5. The van der Waals surface area contributed by atoms with Crippen LogP contribution < -0.4 is 10.9 Å². The number of H-pyrrole nitrogens is 1. The number of nitrogens with one attached hydrogen (secondary N) is 2. The Labute approximate surface area is 137 Å². The van der Waals surface area contributed by atoms with Crippen molar-refractivity contribution in [2.45, 2.75) is 6.61 Å². The van der Waals surface area contributed by atoms with Crippen molar-refractivity contribution in [1.82, 2.24) is 19.9 Å². The summed E-state index contributed by atoms with van der Waals surface area (Å²) in [5, 5.41) is 6.64. The zero-order valence-electron chi connectivity index (χ0n) is 12.8. The zero-order chi connectivity index (χ0) is 16.8. The first kappa shape index (κ1) is 15.5. The summed E-state index contributed by atoms with van der Waals surface area (Å²) in [4.78, 5) is 25.7.